The number of benzene rings is 3. The van der Waals surface area contributed by atoms with Gasteiger partial charge in [0.15, 0.2) is 0 Å². The highest BCUT2D eigenvalue weighted by molar-refractivity contribution is 6.31. The van der Waals surface area contributed by atoms with E-state index in [9.17, 15) is 10.1 Å². The molecule has 0 aliphatic rings. The Morgan fingerprint density at radius 3 is 2.50 bits per heavy atom. The number of amides is 1. The van der Waals surface area contributed by atoms with Gasteiger partial charge in [0, 0.05) is 34.2 Å². The molecular weight excluding hydrogens is 418 g/mol. The topological polar surface area (TPSA) is 57.8 Å². The number of rotatable bonds is 6. The molecule has 158 valence electrons. The fourth-order valence-corrected chi connectivity index (χ4v) is 3.93. The molecule has 4 aromatic rings. The van der Waals surface area contributed by atoms with Gasteiger partial charge in [-0.05, 0) is 36.3 Å². The van der Waals surface area contributed by atoms with Crippen molar-refractivity contribution in [2.45, 2.75) is 19.5 Å². The molecule has 5 heteroatoms. The molecule has 32 heavy (non-hydrogen) atoms. The van der Waals surface area contributed by atoms with Crippen LogP contribution >= 0.6 is 11.6 Å². The summed E-state index contributed by atoms with van der Waals surface area (Å²) in [5, 5.41) is 14.3. The first-order valence-corrected chi connectivity index (χ1v) is 10.7. The Balaban J connectivity index is 1.65. The Kier molecular flexibility index (Phi) is 6.39. The number of fused-ring (bicyclic) bond motifs is 1. The van der Waals surface area contributed by atoms with Gasteiger partial charge in [0.2, 0.25) is 0 Å². The average Bonchev–Trinajstić information content (AvgIpc) is 3.16. The van der Waals surface area contributed by atoms with Gasteiger partial charge >= 0.3 is 0 Å². The van der Waals surface area contributed by atoms with E-state index in [1.54, 1.807) is 6.08 Å². The van der Waals surface area contributed by atoms with Gasteiger partial charge in [-0.3, -0.25) is 4.79 Å². The number of hydrogen-bond donors (Lipinski definition) is 1. The molecule has 4 nitrogen and oxygen atoms in total. The largest absolute Gasteiger partial charge is 0.345 e. The summed E-state index contributed by atoms with van der Waals surface area (Å²) < 4.78 is 2.09. The molecule has 1 atom stereocenters. The fraction of sp³-hybridized carbons (Fsp3) is 0.111. The van der Waals surface area contributed by atoms with Crippen LogP contribution in [0.4, 0.5) is 0 Å². The predicted molar refractivity (Wildman–Crippen MR) is 129 cm³/mol. The third kappa shape index (κ3) is 4.59. The van der Waals surface area contributed by atoms with Gasteiger partial charge in [0.05, 0.1) is 6.04 Å². The summed E-state index contributed by atoms with van der Waals surface area (Å²) >= 11 is 6.36. The molecule has 1 heterocycles. The number of halogens is 1. The normalized spacial score (nSPS) is 12.3. The highest BCUT2D eigenvalue weighted by Crippen LogP contribution is 2.26. The van der Waals surface area contributed by atoms with Crippen molar-refractivity contribution < 1.29 is 4.79 Å². The van der Waals surface area contributed by atoms with Gasteiger partial charge in [0.1, 0.15) is 11.6 Å². The Hall–Kier alpha value is -3.81. The van der Waals surface area contributed by atoms with Crippen LogP contribution in [0, 0.1) is 11.3 Å². The molecule has 0 fully saturated rings. The first-order chi connectivity index (χ1) is 15.6. The average molecular weight is 440 g/mol. The predicted octanol–water partition coefficient (Wildman–Crippen LogP) is 6.13. The summed E-state index contributed by atoms with van der Waals surface area (Å²) in [5.41, 5.74) is 3.86. The number of nitrogens with zero attached hydrogens (tertiary/aromatic N) is 2. The van der Waals surface area contributed by atoms with Crippen LogP contribution in [0.2, 0.25) is 5.02 Å². The smallest absolute Gasteiger partial charge is 0.262 e. The molecule has 0 bridgehead atoms. The van der Waals surface area contributed by atoms with Crippen molar-refractivity contribution in [2.75, 3.05) is 0 Å². The Bertz CT molecular complexity index is 1330. The molecule has 0 spiro atoms. The van der Waals surface area contributed by atoms with Crippen molar-refractivity contribution >= 4 is 34.5 Å². The second-order valence-electron chi connectivity index (χ2n) is 7.60. The van der Waals surface area contributed by atoms with Crippen molar-refractivity contribution in [3.05, 3.63) is 112 Å². The lowest BCUT2D eigenvalue weighted by atomic mass is 10.1. The first-order valence-electron chi connectivity index (χ1n) is 10.4. The zero-order valence-corrected chi connectivity index (χ0v) is 18.4. The summed E-state index contributed by atoms with van der Waals surface area (Å²) in [7, 11) is 0. The highest BCUT2D eigenvalue weighted by atomic mass is 35.5. The van der Waals surface area contributed by atoms with Gasteiger partial charge in [-0.2, -0.15) is 5.26 Å². The number of nitrogens with one attached hydrogen (secondary N) is 1. The monoisotopic (exact) mass is 439 g/mol. The molecular formula is C27H22ClN3O. The zero-order chi connectivity index (χ0) is 22.5. The Labute approximate surface area is 192 Å². The third-order valence-electron chi connectivity index (χ3n) is 5.43. The van der Waals surface area contributed by atoms with Crippen molar-refractivity contribution in [3.63, 3.8) is 0 Å². The van der Waals surface area contributed by atoms with E-state index in [0.717, 1.165) is 27.6 Å². The van der Waals surface area contributed by atoms with Gasteiger partial charge in [-0.25, -0.2) is 0 Å². The summed E-state index contributed by atoms with van der Waals surface area (Å²) in [4.78, 5) is 12.8. The maximum atomic E-state index is 12.8. The summed E-state index contributed by atoms with van der Waals surface area (Å²) in [6.45, 7) is 2.49. The van der Waals surface area contributed by atoms with E-state index in [-0.39, 0.29) is 11.6 Å². The number of hydrogen-bond acceptors (Lipinski definition) is 2. The van der Waals surface area contributed by atoms with E-state index in [2.05, 4.69) is 16.0 Å². The van der Waals surface area contributed by atoms with Crippen LogP contribution in [0.3, 0.4) is 0 Å². The molecule has 1 amide bonds. The lowest BCUT2D eigenvalue weighted by Gasteiger charge is -2.13. The van der Waals surface area contributed by atoms with Gasteiger partial charge in [-0.1, -0.05) is 78.3 Å². The lowest BCUT2D eigenvalue weighted by Crippen LogP contribution is -2.27. The van der Waals surface area contributed by atoms with E-state index < -0.39 is 5.91 Å². The highest BCUT2D eigenvalue weighted by Gasteiger charge is 2.15. The minimum absolute atomic E-state index is 0.0634. The number of carbonyl (C=O) groups is 1. The van der Waals surface area contributed by atoms with Crippen LogP contribution in [0.1, 0.15) is 29.7 Å². The van der Waals surface area contributed by atoms with Gasteiger partial charge < -0.3 is 9.88 Å². The molecule has 1 N–H and O–H groups in total. The Morgan fingerprint density at radius 2 is 1.75 bits per heavy atom. The van der Waals surface area contributed by atoms with Crippen LogP contribution in [-0.4, -0.2) is 10.5 Å². The molecule has 0 unspecified atom stereocenters. The number of aromatic nitrogens is 1. The molecule has 0 saturated heterocycles. The van der Waals surface area contributed by atoms with Crippen molar-refractivity contribution in [3.8, 4) is 6.07 Å². The van der Waals surface area contributed by atoms with Crippen LogP contribution in [-0.2, 0) is 11.3 Å². The van der Waals surface area contributed by atoms with Crippen LogP contribution in [0.5, 0.6) is 0 Å². The summed E-state index contributed by atoms with van der Waals surface area (Å²) in [5.74, 6) is -0.396. The van der Waals surface area contributed by atoms with Gasteiger partial charge in [0.25, 0.3) is 5.91 Å². The lowest BCUT2D eigenvalue weighted by molar-refractivity contribution is -0.117. The van der Waals surface area contributed by atoms with Gasteiger partial charge in [-0.15, -0.1) is 0 Å². The molecule has 0 radical (unpaired) electrons. The first kappa shape index (κ1) is 21.4. The molecule has 0 aliphatic carbocycles. The second kappa shape index (κ2) is 9.55. The maximum absolute atomic E-state index is 12.8. The molecule has 3 aromatic carbocycles. The zero-order valence-electron chi connectivity index (χ0n) is 17.6. The summed E-state index contributed by atoms with van der Waals surface area (Å²) in [6.07, 6.45) is 3.61. The SMILES string of the molecule is C[C@@H](NC(=O)/C(C#N)=C\c1cn(Cc2ccccc2Cl)c2ccccc12)c1ccccc1. The number of nitriles is 1. The van der Waals surface area contributed by atoms with Crippen molar-refractivity contribution in [2.24, 2.45) is 0 Å². The standard InChI is InChI=1S/C27H22ClN3O/c1-19(20-9-3-2-4-10-20)30-27(32)22(16-29)15-23-18-31(26-14-8-6-12-24(23)26)17-21-11-5-7-13-25(21)28/h2-15,18-19H,17H2,1H3,(H,30,32)/b22-15-/t19-/m1/s1. The number of para-hydroxylation sites is 1. The minimum atomic E-state index is -0.396. The van der Waals surface area contributed by atoms with Crippen LogP contribution in [0.15, 0.2) is 90.6 Å². The molecule has 0 aliphatic heterocycles. The summed E-state index contributed by atoms with van der Waals surface area (Å²) in [6, 6.07) is 27.2. The van der Waals surface area contributed by atoms with Crippen molar-refractivity contribution in [1.82, 2.24) is 9.88 Å². The molecule has 1 aromatic heterocycles. The molecule has 0 saturated carbocycles. The van der Waals surface area contributed by atoms with E-state index in [4.69, 9.17) is 11.6 Å². The van der Waals surface area contributed by atoms with E-state index in [1.165, 1.54) is 0 Å². The molecule has 4 rings (SSSR count). The Morgan fingerprint density at radius 1 is 1.06 bits per heavy atom. The van der Waals surface area contributed by atoms with E-state index in [0.29, 0.717) is 11.6 Å². The van der Waals surface area contributed by atoms with E-state index >= 15 is 0 Å². The van der Waals surface area contributed by atoms with Crippen molar-refractivity contribution in [1.29, 1.82) is 5.26 Å². The van der Waals surface area contributed by atoms with Crippen LogP contribution in [0.25, 0.3) is 17.0 Å². The number of carbonyl (C=O) groups excluding carboxylic acids is 1. The quantitative estimate of drug-likeness (QED) is 0.290. The third-order valence-corrected chi connectivity index (χ3v) is 5.80. The van der Waals surface area contributed by atoms with E-state index in [1.807, 2.05) is 92.0 Å². The second-order valence-corrected chi connectivity index (χ2v) is 8.00. The fourth-order valence-electron chi connectivity index (χ4n) is 3.73. The minimum Gasteiger partial charge on any atom is -0.345 e. The van der Waals surface area contributed by atoms with Crippen LogP contribution < -0.4 is 5.32 Å². The maximum Gasteiger partial charge on any atom is 0.262 e.